The molecule has 0 spiro atoms. The normalized spacial score (nSPS) is 11.3. The van der Waals surface area contributed by atoms with E-state index in [4.69, 9.17) is 0 Å². The van der Waals surface area contributed by atoms with Gasteiger partial charge in [0, 0.05) is 70.3 Å². The Labute approximate surface area is 604 Å². The maximum Gasteiger partial charge on any atom is 4.00 e. The second kappa shape index (κ2) is 33.3. The first kappa shape index (κ1) is 78.0. The van der Waals surface area contributed by atoms with Gasteiger partial charge in [0.2, 0.25) is 11.5 Å². The van der Waals surface area contributed by atoms with Gasteiger partial charge in [-0.2, -0.15) is 76.9 Å². The van der Waals surface area contributed by atoms with Crippen molar-refractivity contribution >= 4 is 66.3 Å². The van der Waals surface area contributed by atoms with E-state index in [9.17, 15) is 19.0 Å². The Balaban J connectivity index is 0.000000259. The standard InChI is InChI=1S/2C31H32FNO2S.2C7H7.2C3H7.Hf.Zr/c2*1-30(2,3)18-8-11-24-21(14-18)22-15-19(31(4,5)6)9-12-25(22)33(24)26-17-36-29(28(26)34)23-16-20(32)10-13-27(23)35-7;2*1-7-5-3-2-4-6-7;2*1-3-2;;/h2*8-17,34-35H,7H2,1-6H3;2*2-6H,1H2;2*3H,1-2H3;;/q;;4*-1;;+4. The Bertz CT molecular complexity index is 4000. The van der Waals surface area contributed by atoms with Crippen LogP contribution in [0.15, 0.2) is 181 Å². The van der Waals surface area contributed by atoms with Crippen molar-refractivity contribution in [3.05, 3.63) is 267 Å². The molecular formula is C82H92F2HfN2O4S2Zr. The SMILES string of the molecule is C[CH-]C.C[CH-]C.[CH2-][OH+]c1ccc(F)cc1-c1scc(-n2c3ccc(C(C)(C)C)cc3c3cc(C(C)(C)C)ccc32)c1O.[CH2-][OH+]c1ccc(F)cc1-c1scc(-n2c3ccc(C(C)(C)C)cc3c3cc(C(C)(C)C)ccc32)c1O.[CH2-]c1ccccc1.[CH2-]c1ccccc1.[Hf].[Zr+4]. The molecule has 0 aliphatic heterocycles. The van der Waals surface area contributed by atoms with Gasteiger partial charge in [-0.05, 0) is 131 Å². The van der Waals surface area contributed by atoms with E-state index in [0.717, 1.165) is 54.7 Å². The Morgan fingerprint density at radius 1 is 0.404 bits per heavy atom. The van der Waals surface area contributed by atoms with Gasteiger partial charge in [-0.1, -0.05) is 119 Å². The number of nitrogens with zero attached hydrogens (tertiary/aromatic N) is 2. The molecule has 0 fully saturated rings. The largest absolute Gasteiger partial charge is 4.00 e. The van der Waals surface area contributed by atoms with E-state index < -0.39 is 0 Å². The van der Waals surface area contributed by atoms with Crippen molar-refractivity contribution in [2.45, 2.75) is 132 Å². The summed E-state index contributed by atoms with van der Waals surface area (Å²) in [5.41, 5.74) is 13.7. The quantitative estimate of drug-likeness (QED) is 0.0989. The topological polar surface area (TPSA) is 75.9 Å². The fraction of sp³-hybridized carbons (Fsp3) is 0.244. The van der Waals surface area contributed by atoms with Crippen molar-refractivity contribution in [3.63, 3.8) is 0 Å². The number of ether oxygens (including phenoxy) is 2. The molecule has 4 aromatic heterocycles. The minimum absolute atomic E-state index is 0. The van der Waals surface area contributed by atoms with Gasteiger partial charge in [0.25, 0.3) is 0 Å². The maximum absolute atomic E-state index is 14.1. The second-order valence-electron chi connectivity index (χ2n) is 27.0. The first-order chi connectivity index (χ1) is 43.4. The van der Waals surface area contributed by atoms with Crippen LogP contribution in [-0.2, 0) is 73.7 Å². The van der Waals surface area contributed by atoms with Gasteiger partial charge in [-0.15, -0.1) is 46.9 Å². The van der Waals surface area contributed by atoms with Crippen molar-refractivity contribution in [1.82, 2.24) is 9.13 Å². The van der Waals surface area contributed by atoms with Gasteiger partial charge in [0.1, 0.15) is 11.6 Å². The van der Waals surface area contributed by atoms with Crippen LogP contribution in [0.1, 0.15) is 144 Å². The van der Waals surface area contributed by atoms with Crippen LogP contribution in [0.5, 0.6) is 23.0 Å². The molecule has 94 heavy (non-hydrogen) atoms. The first-order valence-corrected chi connectivity index (χ1v) is 32.7. The summed E-state index contributed by atoms with van der Waals surface area (Å²) in [6.07, 6.45) is 4.00. The van der Waals surface area contributed by atoms with E-state index in [1.54, 1.807) is 12.1 Å². The average Bonchev–Trinajstić information content (AvgIpc) is 1.58. The number of aromatic hydroxyl groups is 4. The van der Waals surface area contributed by atoms with Crippen LogP contribution in [0.25, 0.3) is 75.9 Å². The summed E-state index contributed by atoms with van der Waals surface area (Å²) in [5.74, 6) is 0.517. The van der Waals surface area contributed by atoms with Crippen LogP contribution in [0.3, 0.4) is 0 Å². The van der Waals surface area contributed by atoms with Crippen molar-refractivity contribution < 1.29 is 80.5 Å². The molecule has 12 heteroatoms. The molecule has 488 valence electrons. The van der Waals surface area contributed by atoms with Crippen LogP contribution < -0.4 is 0 Å². The molecule has 6 nitrogen and oxygen atoms in total. The van der Waals surface area contributed by atoms with Crippen LogP contribution in [-0.4, -0.2) is 28.8 Å². The van der Waals surface area contributed by atoms with Crippen LogP contribution in [0.2, 0.25) is 0 Å². The summed E-state index contributed by atoms with van der Waals surface area (Å²) in [6.45, 7) is 42.0. The summed E-state index contributed by atoms with van der Waals surface area (Å²) in [4.78, 5) is 1.14. The maximum atomic E-state index is 14.1. The molecule has 0 aliphatic carbocycles. The molecule has 0 unspecified atom stereocenters. The zero-order valence-electron chi connectivity index (χ0n) is 57.6. The Hall–Kier alpha value is -6.69. The minimum Gasteiger partial charge on any atom is -0.721 e. The third kappa shape index (κ3) is 18.4. The zero-order valence-corrected chi connectivity index (χ0v) is 65.2. The fourth-order valence-corrected chi connectivity index (χ4v) is 12.3. The Morgan fingerprint density at radius 3 is 0.872 bits per heavy atom. The van der Waals surface area contributed by atoms with Crippen molar-refractivity contribution in [3.8, 4) is 55.3 Å². The molecule has 0 saturated heterocycles. The molecule has 4 heterocycles. The summed E-state index contributed by atoms with van der Waals surface area (Å²) in [5, 5.41) is 31.4. The predicted octanol–water partition coefficient (Wildman–Crippen LogP) is 24.2. The van der Waals surface area contributed by atoms with Gasteiger partial charge < -0.3 is 41.7 Å². The zero-order chi connectivity index (χ0) is 67.6. The van der Waals surface area contributed by atoms with Gasteiger partial charge in [-0.3, -0.25) is 0 Å². The predicted molar refractivity (Wildman–Crippen MR) is 393 cm³/mol. The number of fused-ring (bicyclic) bond motifs is 6. The van der Waals surface area contributed by atoms with Crippen molar-refractivity contribution in [2.24, 2.45) is 0 Å². The summed E-state index contributed by atoms with van der Waals surface area (Å²) >= 11 is 2.74. The molecular weight excluding hydrogens is 1450 g/mol. The molecule has 0 atom stereocenters. The van der Waals surface area contributed by atoms with Crippen LogP contribution in [0.4, 0.5) is 8.78 Å². The Morgan fingerprint density at radius 2 is 0.660 bits per heavy atom. The first-order valence-electron chi connectivity index (χ1n) is 31.0. The number of aliphatic hydroxyl groups is 2. The van der Waals surface area contributed by atoms with Gasteiger partial charge in [0.15, 0.2) is 11.5 Å². The van der Waals surface area contributed by atoms with E-state index in [0.29, 0.717) is 43.8 Å². The van der Waals surface area contributed by atoms with Gasteiger partial charge in [-0.25, -0.2) is 8.78 Å². The summed E-state index contributed by atoms with van der Waals surface area (Å²) < 4.78 is 40.5. The third-order valence-electron chi connectivity index (χ3n) is 15.4. The average molecular weight is 1540 g/mol. The molecule has 12 aromatic rings. The molecule has 12 rings (SSSR count). The number of hydrogen-bond acceptors (Lipinski definition) is 4. The van der Waals surface area contributed by atoms with Gasteiger partial charge >= 0.3 is 26.2 Å². The third-order valence-corrected chi connectivity index (χ3v) is 17.4. The van der Waals surface area contributed by atoms with Crippen molar-refractivity contribution in [1.29, 1.82) is 0 Å². The molecule has 0 saturated carbocycles. The number of hydrogen-bond donors (Lipinski definition) is 2. The molecule has 4 N–H and O–H groups in total. The number of rotatable bonds is 6. The van der Waals surface area contributed by atoms with E-state index in [-0.39, 0.29) is 96.8 Å². The van der Waals surface area contributed by atoms with E-state index >= 15 is 0 Å². The Kier molecular flexibility index (Phi) is 27.7. The number of benzene rings is 8. The van der Waals surface area contributed by atoms with Gasteiger partial charge in [0.05, 0.1) is 54.3 Å². The summed E-state index contributed by atoms with van der Waals surface area (Å²) in [7, 11) is 7.23. The molecule has 0 radical (unpaired) electrons. The minimum atomic E-state index is -0.381. The fourth-order valence-electron chi connectivity index (χ4n) is 10.4. The van der Waals surface area contributed by atoms with E-state index in [1.165, 1.54) is 69.2 Å². The molecule has 8 aromatic carbocycles. The number of aromatic nitrogens is 2. The van der Waals surface area contributed by atoms with Crippen molar-refractivity contribution in [2.75, 3.05) is 0 Å². The smallest absolute Gasteiger partial charge is 0.721 e. The summed E-state index contributed by atoms with van der Waals surface area (Å²) in [6, 6.07) is 54.7. The number of thiophene rings is 2. The van der Waals surface area contributed by atoms with Crippen LogP contribution >= 0.6 is 22.7 Å². The second-order valence-corrected chi connectivity index (χ2v) is 28.7. The van der Waals surface area contributed by atoms with E-state index in [1.807, 2.05) is 112 Å². The monoisotopic (exact) mass is 1540 g/mol. The van der Waals surface area contributed by atoms with Crippen LogP contribution in [0, 0.1) is 52.5 Å². The molecule has 0 bridgehead atoms. The van der Waals surface area contributed by atoms with E-state index in [2.05, 4.69) is 203 Å². The molecule has 0 aliphatic rings. The molecule has 0 amide bonds. The number of halogens is 2.